The van der Waals surface area contributed by atoms with Gasteiger partial charge in [-0.3, -0.25) is 0 Å². The van der Waals surface area contributed by atoms with Gasteiger partial charge in [0.15, 0.2) is 0 Å². The minimum absolute atomic E-state index is 0.197. The Balaban J connectivity index is 2.12. The van der Waals surface area contributed by atoms with Gasteiger partial charge in [-0.15, -0.1) is 11.6 Å². The van der Waals surface area contributed by atoms with Crippen LogP contribution >= 0.6 is 11.6 Å². The average Bonchev–Trinajstić information content (AvgIpc) is 2.38. The lowest BCUT2D eigenvalue weighted by Gasteiger charge is -2.37. The lowest BCUT2D eigenvalue weighted by molar-refractivity contribution is 0.249. The summed E-state index contributed by atoms with van der Waals surface area (Å²) in [4.78, 5) is 4.52. The van der Waals surface area contributed by atoms with E-state index in [4.69, 9.17) is 11.6 Å². The molecule has 0 N–H and O–H groups in total. The van der Waals surface area contributed by atoms with E-state index in [1.54, 1.807) is 6.07 Å². The molecule has 0 spiro atoms. The fourth-order valence-corrected chi connectivity index (χ4v) is 2.86. The van der Waals surface area contributed by atoms with Gasteiger partial charge in [-0.25, -0.2) is 4.39 Å². The zero-order chi connectivity index (χ0) is 13.1. The number of hydrogen-bond donors (Lipinski definition) is 0. The van der Waals surface area contributed by atoms with Gasteiger partial charge in [0.1, 0.15) is 5.82 Å². The van der Waals surface area contributed by atoms with Crippen LogP contribution in [0.25, 0.3) is 0 Å². The van der Waals surface area contributed by atoms with Crippen LogP contribution in [0.15, 0.2) is 18.2 Å². The molecule has 100 valence electrons. The molecule has 18 heavy (non-hydrogen) atoms. The molecule has 0 unspecified atom stereocenters. The first kappa shape index (κ1) is 13.6. The first-order valence-electron chi connectivity index (χ1n) is 6.38. The van der Waals surface area contributed by atoms with Gasteiger partial charge in [0, 0.05) is 30.4 Å². The lowest BCUT2D eigenvalue weighted by Crippen LogP contribution is -2.42. The van der Waals surface area contributed by atoms with Gasteiger partial charge in [-0.05, 0) is 39.1 Å². The molecule has 2 nitrogen and oxygen atoms in total. The smallest absolute Gasteiger partial charge is 0.129 e. The van der Waals surface area contributed by atoms with Crippen LogP contribution < -0.4 is 4.90 Å². The largest absolute Gasteiger partial charge is 0.371 e. The van der Waals surface area contributed by atoms with E-state index >= 15 is 0 Å². The molecule has 0 saturated carbocycles. The molecule has 0 atom stereocenters. The van der Waals surface area contributed by atoms with Gasteiger partial charge in [0.2, 0.25) is 0 Å². The van der Waals surface area contributed by atoms with Crippen molar-refractivity contribution in [1.29, 1.82) is 0 Å². The van der Waals surface area contributed by atoms with E-state index in [0.29, 0.717) is 11.6 Å². The molecule has 1 heterocycles. The van der Waals surface area contributed by atoms with Crippen molar-refractivity contribution < 1.29 is 4.39 Å². The molecule has 0 radical (unpaired) electrons. The fourth-order valence-electron chi connectivity index (χ4n) is 2.60. The first-order chi connectivity index (χ1) is 8.63. The van der Waals surface area contributed by atoms with Crippen molar-refractivity contribution in [3.05, 3.63) is 29.6 Å². The highest BCUT2D eigenvalue weighted by molar-refractivity contribution is 6.17. The molecule has 1 aliphatic heterocycles. The van der Waals surface area contributed by atoms with E-state index in [1.165, 1.54) is 6.07 Å². The van der Waals surface area contributed by atoms with Crippen molar-refractivity contribution >= 4 is 17.3 Å². The number of benzene rings is 1. The second-order valence-electron chi connectivity index (χ2n) is 5.05. The summed E-state index contributed by atoms with van der Waals surface area (Å²) in [7, 11) is 4.24. The monoisotopic (exact) mass is 270 g/mol. The molecule has 1 saturated heterocycles. The zero-order valence-electron chi connectivity index (χ0n) is 11.0. The third-order valence-corrected chi connectivity index (χ3v) is 4.03. The van der Waals surface area contributed by atoms with Crippen LogP contribution in [0.2, 0.25) is 0 Å². The minimum Gasteiger partial charge on any atom is -0.371 e. The lowest BCUT2D eigenvalue weighted by atomic mass is 10.0. The standard InChI is InChI=1S/C14H20ClFN2/c1-17(2)11-6-8-18(9-7-11)14-5-3-4-13(16)12(14)10-15/h3-5,11H,6-10H2,1-2H3. The maximum Gasteiger partial charge on any atom is 0.129 e. The molecule has 1 aliphatic rings. The van der Waals surface area contributed by atoms with Crippen molar-refractivity contribution in [1.82, 2.24) is 4.90 Å². The third kappa shape index (κ3) is 2.78. The van der Waals surface area contributed by atoms with Gasteiger partial charge < -0.3 is 9.80 Å². The number of anilines is 1. The van der Waals surface area contributed by atoms with E-state index < -0.39 is 0 Å². The van der Waals surface area contributed by atoms with Crippen molar-refractivity contribution in [2.24, 2.45) is 0 Å². The second kappa shape index (κ2) is 5.89. The van der Waals surface area contributed by atoms with Crippen LogP contribution in [0.4, 0.5) is 10.1 Å². The number of nitrogens with zero attached hydrogens (tertiary/aromatic N) is 2. The summed E-state index contributed by atoms with van der Waals surface area (Å²) in [6, 6.07) is 5.85. The highest BCUT2D eigenvalue weighted by atomic mass is 35.5. The van der Waals surface area contributed by atoms with E-state index in [2.05, 4.69) is 23.9 Å². The van der Waals surface area contributed by atoms with Crippen molar-refractivity contribution in [2.45, 2.75) is 24.8 Å². The Morgan fingerprint density at radius 1 is 1.33 bits per heavy atom. The summed E-state index contributed by atoms with van der Waals surface area (Å²) in [6.07, 6.45) is 2.23. The van der Waals surface area contributed by atoms with Gasteiger partial charge in [0.05, 0.1) is 5.88 Å². The van der Waals surface area contributed by atoms with Gasteiger partial charge >= 0.3 is 0 Å². The highest BCUT2D eigenvalue weighted by Crippen LogP contribution is 2.28. The summed E-state index contributed by atoms with van der Waals surface area (Å²) in [5.74, 6) is 0.0348. The molecule has 1 aromatic rings. The molecule has 0 bridgehead atoms. The third-order valence-electron chi connectivity index (χ3n) is 3.76. The molecule has 1 aromatic carbocycles. The summed E-state index contributed by atoms with van der Waals surface area (Å²) in [5, 5.41) is 0. The first-order valence-corrected chi connectivity index (χ1v) is 6.91. The minimum atomic E-state index is -0.197. The van der Waals surface area contributed by atoms with Gasteiger partial charge in [-0.2, -0.15) is 0 Å². The van der Waals surface area contributed by atoms with Crippen LogP contribution in [0.1, 0.15) is 18.4 Å². The Hall–Kier alpha value is -0.800. The highest BCUT2D eigenvalue weighted by Gasteiger charge is 2.22. The van der Waals surface area contributed by atoms with Crippen LogP contribution in [-0.4, -0.2) is 38.1 Å². The maximum atomic E-state index is 13.7. The Labute approximate surface area is 113 Å². The van der Waals surface area contributed by atoms with Gasteiger partial charge in [-0.1, -0.05) is 6.07 Å². The molecular weight excluding hydrogens is 251 g/mol. The van der Waals surface area contributed by atoms with Crippen molar-refractivity contribution in [2.75, 3.05) is 32.1 Å². The second-order valence-corrected chi connectivity index (χ2v) is 5.32. The number of halogens is 2. The number of rotatable bonds is 3. The summed E-state index contributed by atoms with van der Waals surface area (Å²) in [6.45, 7) is 1.94. The molecule has 0 aromatic heterocycles. The molecule has 2 rings (SSSR count). The molecule has 1 fully saturated rings. The quantitative estimate of drug-likeness (QED) is 0.779. The molecule has 0 aliphatic carbocycles. The molecular formula is C14H20ClFN2. The number of alkyl halides is 1. The Morgan fingerprint density at radius 3 is 2.56 bits per heavy atom. The predicted molar refractivity (Wildman–Crippen MR) is 74.9 cm³/mol. The Bertz CT molecular complexity index is 401. The van der Waals surface area contributed by atoms with Gasteiger partial charge in [0.25, 0.3) is 0 Å². The van der Waals surface area contributed by atoms with E-state index in [-0.39, 0.29) is 11.7 Å². The summed E-state index contributed by atoms with van der Waals surface area (Å²) < 4.78 is 13.7. The van der Waals surface area contributed by atoms with Crippen molar-refractivity contribution in [3.63, 3.8) is 0 Å². The van der Waals surface area contributed by atoms with Crippen LogP contribution in [0.3, 0.4) is 0 Å². The fraction of sp³-hybridized carbons (Fsp3) is 0.571. The van der Waals surface area contributed by atoms with Crippen molar-refractivity contribution in [3.8, 4) is 0 Å². The molecule has 0 amide bonds. The van der Waals surface area contributed by atoms with Crippen LogP contribution in [0, 0.1) is 5.82 Å². The zero-order valence-corrected chi connectivity index (χ0v) is 11.8. The van der Waals surface area contributed by atoms with E-state index in [1.807, 2.05) is 6.07 Å². The molecule has 4 heteroatoms. The normalized spacial score (nSPS) is 17.5. The van der Waals surface area contributed by atoms with Crippen LogP contribution in [-0.2, 0) is 5.88 Å². The predicted octanol–water partition coefficient (Wildman–Crippen LogP) is 3.09. The summed E-state index contributed by atoms with van der Waals surface area (Å²) >= 11 is 5.86. The number of hydrogen-bond acceptors (Lipinski definition) is 2. The number of piperidine rings is 1. The van der Waals surface area contributed by atoms with E-state index in [9.17, 15) is 4.39 Å². The Kier molecular flexibility index (Phi) is 4.46. The van der Waals surface area contributed by atoms with Crippen LogP contribution in [0.5, 0.6) is 0 Å². The topological polar surface area (TPSA) is 6.48 Å². The summed E-state index contributed by atoms with van der Waals surface area (Å²) in [5.41, 5.74) is 1.59. The maximum absolute atomic E-state index is 13.7. The SMILES string of the molecule is CN(C)C1CCN(c2cccc(F)c2CCl)CC1. The average molecular weight is 271 g/mol. The Morgan fingerprint density at radius 2 is 2.00 bits per heavy atom. The van der Waals surface area contributed by atoms with E-state index in [0.717, 1.165) is 31.6 Å².